The van der Waals surface area contributed by atoms with Crippen LogP contribution in [0.25, 0.3) is 21.7 Å². The van der Waals surface area contributed by atoms with Gasteiger partial charge in [-0.1, -0.05) is 36.4 Å². The fraction of sp³-hybridized carbons (Fsp3) is 0.0476. The second-order valence-corrected chi connectivity index (χ2v) is 5.85. The Morgan fingerprint density at radius 1 is 0.840 bits per heavy atom. The molecule has 0 atom stereocenters. The molecule has 122 valence electrons. The van der Waals surface area contributed by atoms with E-state index in [0.717, 1.165) is 16.2 Å². The maximum absolute atomic E-state index is 12.4. The summed E-state index contributed by atoms with van der Waals surface area (Å²) in [6.07, 6.45) is 0. The van der Waals surface area contributed by atoms with Gasteiger partial charge in [-0.2, -0.15) is 0 Å². The lowest BCUT2D eigenvalue weighted by molar-refractivity contribution is 0.0921. The zero-order valence-corrected chi connectivity index (χ0v) is 13.4. The van der Waals surface area contributed by atoms with E-state index in [-0.39, 0.29) is 17.9 Å². The number of ether oxygens (including phenoxy) is 1. The van der Waals surface area contributed by atoms with Crippen LogP contribution in [0.15, 0.2) is 77.6 Å². The molecule has 3 aromatic carbocycles. The molecule has 0 saturated carbocycles. The van der Waals surface area contributed by atoms with E-state index in [1.54, 1.807) is 18.2 Å². The number of ketones is 1. The van der Waals surface area contributed by atoms with E-state index in [1.807, 2.05) is 48.5 Å². The fourth-order valence-electron chi connectivity index (χ4n) is 2.81. The van der Waals surface area contributed by atoms with Crippen molar-refractivity contribution in [2.24, 2.45) is 0 Å². The van der Waals surface area contributed by atoms with Gasteiger partial charge in [0, 0.05) is 17.7 Å². The number of benzene rings is 3. The molecule has 0 amide bonds. The molecule has 0 bridgehead atoms. The van der Waals surface area contributed by atoms with Crippen LogP contribution in [0.4, 0.5) is 0 Å². The molecule has 0 unspecified atom stereocenters. The van der Waals surface area contributed by atoms with Gasteiger partial charge in [0.15, 0.2) is 12.4 Å². The lowest BCUT2D eigenvalue weighted by atomic mass is 10.0. The van der Waals surface area contributed by atoms with E-state index in [1.165, 1.54) is 6.07 Å². The van der Waals surface area contributed by atoms with Crippen LogP contribution in [0.2, 0.25) is 0 Å². The lowest BCUT2D eigenvalue weighted by Gasteiger charge is -2.07. The average molecular weight is 329 g/mol. The highest BCUT2D eigenvalue weighted by atomic mass is 16.5. The van der Waals surface area contributed by atoms with Crippen LogP contribution in [-0.4, -0.2) is 17.4 Å². The number of Topliss-reactive ketones (excluding diaryl/α,β-unsaturated/α-hetero) is 1. The molecule has 1 heterocycles. The first kappa shape index (κ1) is 15.1. The molecule has 0 aliphatic heterocycles. The normalized spacial score (nSPS) is 10.9. The first-order valence-electron chi connectivity index (χ1n) is 7.97. The maximum Gasteiger partial charge on any atom is 0.248 e. The molecule has 0 spiro atoms. The Morgan fingerprint density at radius 3 is 2.48 bits per heavy atom. The number of hydrogen-bond acceptors (Lipinski definition) is 3. The highest BCUT2D eigenvalue weighted by Crippen LogP contribution is 2.19. The van der Waals surface area contributed by atoms with E-state index >= 15 is 0 Å². The largest absolute Gasteiger partial charge is 0.485 e. The summed E-state index contributed by atoms with van der Waals surface area (Å²) in [6, 6.07) is 22.1. The minimum atomic E-state index is -0.170. The molecular formula is C21H15NO3. The highest BCUT2D eigenvalue weighted by molar-refractivity contribution is 6.00. The molecule has 0 aliphatic carbocycles. The summed E-state index contributed by atoms with van der Waals surface area (Å²) in [7, 11) is 0. The average Bonchev–Trinajstić information content (AvgIpc) is 2.65. The molecular weight excluding hydrogens is 314 g/mol. The van der Waals surface area contributed by atoms with Crippen molar-refractivity contribution in [3.8, 4) is 5.75 Å². The van der Waals surface area contributed by atoms with Gasteiger partial charge in [0.1, 0.15) is 5.75 Å². The quantitative estimate of drug-likeness (QED) is 0.577. The fourth-order valence-corrected chi connectivity index (χ4v) is 2.81. The Labute approximate surface area is 143 Å². The van der Waals surface area contributed by atoms with E-state index in [0.29, 0.717) is 16.8 Å². The van der Waals surface area contributed by atoms with Crippen molar-refractivity contribution in [1.29, 1.82) is 0 Å². The standard InChI is InChI=1S/C21H15NO3/c23-20(17-6-5-14-3-1-2-4-16(14)11-17)13-25-18-9-7-15-8-10-21(24)22-19(15)12-18/h1-12H,13H2,(H,22,24). The van der Waals surface area contributed by atoms with Gasteiger partial charge in [0.2, 0.25) is 5.56 Å². The molecule has 1 aromatic heterocycles. The Balaban J connectivity index is 1.53. The molecule has 1 N–H and O–H groups in total. The molecule has 0 saturated heterocycles. The van der Waals surface area contributed by atoms with Crippen molar-refractivity contribution in [3.63, 3.8) is 0 Å². The number of hydrogen-bond donors (Lipinski definition) is 1. The molecule has 4 heteroatoms. The van der Waals surface area contributed by atoms with Gasteiger partial charge in [-0.05, 0) is 40.4 Å². The third kappa shape index (κ3) is 3.15. The SMILES string of the molecule is O=C(COc1ccc2ccc(=O)[nH]c2c1)c1ccc2ccccc2c1. The van der Waals surface area contributed by atoms with Crippen molar-refractivity contribution >= 4 is 27.5 Å². The minimum absolute atomic E-state index is 0.0547. The number of aromatic nitrogens is 1. The maximum atomic E-state index is 12.4. The van der Waals surface area contributed by atoms with Crippen LogP contribution < -0.4 is 10.3 Å². The number of carbonyl (C=O) groups excluding carboxylic acids is 1. The predicted molar refractivity (Wildman–Crippen MR) is 98.3 cm³/mol. The topological polar surface area (TPSA) is 59.2 Å². The lowest BCUT2D eigenvalue weighted by Crippen LogP contribution is -2.11. The molecule has 4 aromatic rings. The summed E-state index contributed by atoms with van der Waals surface area (Å²) in [4.78, 5) is 26.5. The van der Waals surface area contributed by atoms with E-state index in [4.69, 9.17) is 4.74 Å². The Hall–Kier alpha value is -3.40. The first-order chi connectivity index (χ1) is 12.2. The summed E-state index contributed by atoms with van der Waals surface area (Å²) in [5.41, 5.74) is 1.13. The third-order valence-electron chi connectivity index (χ3n) is 4.14. The van der Waals surface area contributed by atoms with Crippen LogP contribution in [0.3, 0.4) is 0 Å². The summed E-state index contributed by atoms with van der Waals surface area (Å²) >= 11 is 0. The molecule has 0 fully saturated rings. The Morgan fingerprint density at radius 2 is 1.60 bits per heavy atom. The molecule has 0 aliphatic rings. The van der Waals surface area contributed by atoms with Gasteiger partial charge < -0.3 is 9.72 Å². The molecule has 0 radical (unpaired) electrons. The van der Waals surface area contributed by atoms with Crippen LogP contribution in [0.1, 0.15) is 10.4 Å². The molecule has 4 nitrogen and oxygen atoms in total. The van der Waals surface area contributed by atoms with Gasteiger partial charge in [0.05, 0.1) is 5.52 Å². The van der Waals surface area contributed by atoms with Gasteiger partial charge in [-0.15, -0.1) is 0 Å². The van der Waals surface area contributed by atoms with Crippen LogP contribution in [-0.2, 0) is 0 Å². The number of pyridine rings is 1. The highest BCUT2D eigenvalue weighted by Gasteiger charge is 2.08. The van der Waals surface area contributed by atoms with Crippen LogP contribution >= 0.6 is 0 Å². The summed E-state index contributed by atoms with van der Waals surface area (Å²) in [5, 5.41) is 3.03. The monoisotopic (exact) mass is 329 g/mol. The van der Waals surface area contributed by atoms with Crippen molar-refractivity contribution in [1.82, 2.24) is 4.98 Å². The van der Waals surface area contributed by atoms with Gasteiger partial charge in [-0.25, -0.2) is 0 Å². The first-order valence-corrected chi connectivity index (χ1v) is 7.97. The van der Waals surface area contributed by atoms with Crippen molar-refractivity contribution < 1.29 is 9.53 Å². The predicted octanol–water partition coefficient (Wildman–Crippen LogP) is 3.94. The Bertz CT molecular complexity index is 1140. The second kappa shape index (κ2) is 6.24. The van der Waals surface area contributed by atoms with Crippen LogP contribution in [0, 0.1) is 0 Å². The smallest absolute Gasteiger partial charge is 0.248 e. The third-order valence-corrected chi connectivity index (χ3v) is 4.14. The van der Waals surface area contributed by atoms with Crippen LogP contribution in [0.5, 0.6) is 5.75 Å². The Kier molecular flexibility index (Phi) is 3.78. The number of fused-ring (bicyclic) bond motifs is 2. The van der Waals surface area contributed by atoms with E-state index in [9.17, 15) is 9.59 Å². The number of H-pyrrole nitrogens is 1. The molecule has 25 heavy (non-hydrogen) atoms. The second-order valence-electron chi connectivity index (χ2n) is 5.85. The van der Waals surface area contributed by atoms with Crippen molar-refractivity contribution in [3.05, 3.63) is 88.7 Å². The number of aromatic amines is 1. The zero-order valence-electron chi connectivity index (χ0n) is 13.4. The summed E-state index contributed by atoms with van der Waals surface area (Å²) in [5.74, 6) is 0.455. The molecule has 4 rings (SSSR count). The number of carbonyl (C=O) groups is 1. The van der Waals surface area contributed by atoms with Crippen molar-refractivity contribution in [2.45, 2.75) is 0 Å². The van der Waals surface area contributed by atoms with Gasteiger partial charge in [-0.3, -0.25) is 9.59 Å². The summed E-state index contributed by atoms with van der Waals surface area (Å²) in [6.45, 7) is -0.0547. The zero-order chi connectivity index (χ0) is 17.2. The van der Waals surface area contributed by atoms with E-state index in [2.05, 4.69) is 4.98 Å². The number of rotatable bonds is 4. The summed E-state index contributed by atoms with van der Waals surface area (Å²) < 4.78 is 5.61. The number of nitrogens with one attached hydrogen (secondary N) is 1. The van der Waals surface area contributed by atoms with Gasteiger partial charge >= 0.3 is 0 Å². The van der Waals surface area contributed by atoms with Gasteiger partial charge in [0.25, 0.3) is 0 Å². The minimum Gasteiger partial charge on any atom is -0.485 e. The van der Waals surface area contributed by atoms with E-state index < -0.39 is 0 Å². The van der Waals surface area contributed by atoms with Crippen molar-refractivity contribution in [2.75, 3.05) is 6.61 Å².